The molecule has 5 heteroatoms. The van der Waals surface area contributed by atoms with Crippen molar-refractivity contribution in [2.75, 3.05) is 33.4 Å². The van der Waals surface area contributed by atoms with Gasteiger partial charge in [-0.05, 0) is 24.7 Å². The van der Waals surface area contributed by atoms with Gasteiger partial charge in [-0.2, -0.15) is 0 Å². The number of aliphatic imine (C=N–C) groups is 1. The lowest BCUT2D eigenvalue weighted by atomic mass is 9.90. The van der Waals surface area contributed by atoms with Crippen molar-refractivity contribution >= 4 is 29.9 Å². The molecule has 0 saturated carbocycles. The highest BCUT2D eigenvalue weighted by atomic mass is 127. The molecule has 1 saturated heterocycles. The van der Waals surface area contributed by atoms with E-state index in [2.05, 4.69) is 23.7 Å². The molecule has 1 aliphatic rings. The van der Waals surface area contributed by atoms with E-state index in [1.165, 1.54) is 25.7 Å². The van der Waals surface area contributed by atoms with Crippen LogP contribution >= 0.6 is 24.0 Å². The summed E-state index contributed by atoms with van der Waals surface area (Å²) in [6, 6.07) is 0. The Morgan fingerprint density at radius 1 is 1.21 bits per heavy atom. The molecule has 114 valence electrons. The monoisotopic (exact) mass is 383 g/mol. The van der Waals surface area contributed by atoms with Crippen LogP contribution in [-0.2, 0) is 4.74 Å². The molecular weight excluding hydrogens is 353 g/mol. The first-order valence-electron chi connectivity index (χ1n) is 7.09. The summed E-state index contributed by atoms with van der Waals surface area (Å²) >= 11 is 0. The zero-order valence-corrected chi connectivity index (χ0v) is 15.0. The molecule has 1 rings (SSSR count). The fourth-order valence-electron chi connectivity index (χ4n) is 2.15. The highest BCUT2D eigenvalue weighted by Gasteiger charge is 2.18. The molecule has 0 unspecified atom stereocenters. The molecule has 4 nitrogen and oxygen atoms in total. The normalized spacial score (nSPS) is 17.8. The molecule has 0 spiro atoms. The van der Waals surface area contributed by atoms with E-state index in [-0.39, 0.29) is 29.4 Å². The van der Waals surface area contributed by atoms with Crippen molar-refractivity contribution in [1.82, 2.24) is 4.90 Å². The topological polar surface area (TPSA) is 50.9 Å². The first-order chi connectivity index (χ1) is 8.55. The number of hydrogen-bond donors (Lipinski definition) is 1. The van der Waals surface area contributed by atoms with Crippen LogP contribution in [0, 0.1) is 5.41 Å². The highest BCUT2D eigenvalue weighted by molar-refractivity contribution is 14.0. The molecule has 0 radical (unpaired) electrons. The first kappa shape index (κ1) is 19.0. The van der Waals surface area contributed by atoms with Crippen LogP contribution in [0.1, 0.15) is 46.0 Å². The second kappa shape index (κ2) is 9.80. The number of ether oxygens (including phenoxy) is 1. The molecule has 1 heterocycles. The summed E-state index contributed by atoms with van der Waals surface area (Å²) in [6.45, 7) is 8.11. The summed E-state index contributed by atoms with van der Waals surface area (Å²) in [5, 5.41) is 0. The van der Waals surface area contributed by atoms with Crippen molar-refractivity contribution < 1.29 is 4.74 Å². The second-order valence-electron chi connectivity index (χ2n) is 5.98. The fourth-order valence-corrected chi connectivity index (χ4v) is 2.15. The van der Waals surface area contributed by atoms with Crippen LogP contribution in [0.3, 0.4) is 0 Å². The second-order valence-corrected chi connectivity index (χ2v) is 5.98. The van der Waals surface area contributed by atoms with Crippen LogP contribution in [-0.4, -0.2) is 44.2 Å². The molecule has 0 amide bonds. The van der Waals surface area contributed by atoms with E-state index in [1.807, 2.05) is 0 Å². The van der Waals surface area contributed by atoms with Crippen LogP contribution < -0.4 is 5.73 Å². The van der Waals surface area contributed by atoms with Crippen LogP contribution in [0.25, 0.3) is 0 Å². The third-order valence-electron chi connectivity index (χ3n) is 3.58. The van der Waals surface area contributed by atoms with Gasteiger partial charge in [0.25, 0.3) is 0 Å². The average molecular weight is 383 g/mol. The number of rotatable bonds is 5. The zero-order chi connectivity index (χ0) is 13.4. The summed E-state index contributed by atoms with van der Waals surface area (Å²) in [5.41, 5.74) is 6.26. The van der Waals surface area contributed by atoms with Gasteiger partial charge in [-0.25, -0.2) is 0 Å². The Bertz CT molecular complexity index is 261. The van der Waals surface area contributed by atoms with Crippen LogP contribution in [0.2, 0.25) is 0 Å². The molecule has 0 atom stereocenters. The third-order valence-corrected chi connectivity index (χ3v) is 3.58. The Labute approximate surface area is 135 Å². The summed E-state index contributed by atoms with van der Waals surface area (Å²) < 4.78 is 5.13. The number of nitrogens with two attached hydrogens (primary N) is 1. The predicted octanol–water partition coefficient (Wildman–Crippen LogP) is 2.86. The zero-order valence-electron chi connectivity index (χ0n) is 12.7. The number of halogens is 1. The van der Waals surface area contributed by atoms with Gasteiger partial charge in [0.15, 0.2) is 5.96 Å². The maximum absolute atomic E-state index is 6.10. The highest BCUT2D eigenvalue weighted by Crippen LogP contribution is 2.20. The SMILES string of the molecule is COCCC(C)(C)CN=C(N)N1CCCCCC1.I. The van der Waals surface area contributed by atoms with Crippen molar-refractivity contribution in [1.29, 1.82) is 0 Å². The Balaban J connectivity index is 0.00000324. The summed E-state index contributed by atoms with van der Waals surface area (Å²) in [4.78, 5) is 6.81. The molecule has 0 aliphatic carbocycles. The van der Waals surface area contributed by atoms with Gasteiger partial charge in [0, 0.05) is 33.4 Å². The van der Waals surface area contributed by atoms with E-state index >= 15 is 0 Å². The van der Waals surface area contributed by atoms with Gasteiger partial charge in [-0.15, -0.1) is 24.0 Å². The van der Waals surface area contributed by atoms with Gasteiger partial charge in [0.1, 0.15) is 0 Å². The van der Waals surface area contributed by atoms with E-state index < -0.39 is 0 Å². The van der Waals surface area contributed by atoms with Crippen LogP contribution in [0.15, 0.2) is 4.99 Å². The van der Waals surface area contributed by atoms with Crippen molar-refractivity contribution in [3.8, 4) is 0 Å². The largest absolute Gasteiger partial charge is 0.385 e. The smallest absolute Gasteiger partial charge is 0.191 e. The number of hydrogen-bond acceptors (Lipinski definition) is 2. The molecule has 2 N–H and O–H groups in total. The van der Waals surface area contributed by atoms with Gasteiger partial charge in [-0.3, -0.25) is 4.99 Å². The number of guanidine groups is 1. The van der Waals surface area contributed by atoms with E-state index in [1.54, 1.807) is 7.11 Å². The molecular formula is C14H30IN3O. The van der Waals surface area contributed by atoms with Gasteiger partial charge in [-0.1, -0.05) is 26.7 Å². The third kappa shape index (κ3) is 7.97. The van der Waals surface area contributed by atoms with Crippen molar-refractivity contribution in [2.45, 2.75) is 46.0 Å². The van der Waals surface area contributed by atoms with Gasteiger partial charge >= 0.3 is 0 Å². The van der Waals surface area contributed by atoms with E-state index in [0.29, 0.717) is 0 Å². The molecule has 0 bridgehead atoms. The Morgan fingerprint density at radius 2 is 1.79 bits per heavy atom. The lowest BCUT2D eigenvalue weighted by molar-refractivity contribution is 0.155. The van der Waals surface area contributed by atoms with Crippen molar-refractivity contribution in [2.24, 2.45) is 16.1 Å². The molecule has 0 aromatic rings. The predicted molar refractivity (Wildman–Crippen MR) is 92.2 cm³/mol. The molecule has 0 aromatic carbocycles. The minimum absolute atomic E-state index is 0. The molecule has 0 aromatic heterocycles. The average Bonchev–Trinajstić information content (AvgIpc) is 2.62. The number of methoxy groups -OCH3 is 1. The summed E-state index contributed by atoms with van der Waals surface area (Å²) in [7, 11) is 1.74. The Morgan fingerprint density at radius 3 is 2.32 bits per heavy atom. The number of likely N-dealkylation sites (tertiary alicyclic amines) is 1. The maximum atomic E-state index is 6.10. The van der Waals surface area contributed by atoms with Crippen LogP contribution in [0.5, 0.6) is 0 Å². The molecule has 19 heavy (non-hydrogen) atoms. The van der Waals surface area contributed by atoms with Gasteiger partial charge in [0.2, 0.25) is 0 Å². The lowest BCUT2D eigenvalue weighted by Gasteiger charge is -2.25. The van der Waals surface area contributed by atoms with Crippen LogP contribution in [0.4, 0.5) is 0 Å². The number of nitrogens with zero attached hydrogens (tertiary/aromatic N) is 2. The van der Waals surface area contributed by atoms with Gasteiger partial charge < -0.3 is 15.4 Å². The van der Waals surface area contributed by atoms with E-state index in [9.17, 15) is 0 Å². The Hall–Kier alpha value is -0.0400. The summed E-state index contributed by atoms with van der Waals surface area (Å²) in [5.74, 6) is 0.724. The fraction of sp³-hybridized carbons (Fsp3) is 0.929. The van der Waals surface area contributed by atoms with Crippen molar-refractivity contribution in [3.05, 3.63) is 0 Å². The molecule has 1 fully saturated rings. The van der Waals surface area contributed by atoms with E-state index in [0.717, 1.165) is 38.6 Å². The minimum Gasteiger partial charge on any atom is -0.385 e. The minimum atomic E-state index is 0. The van der Waals surface area contributed by atoms with Crippen molar-refractivity contribution in [3.63, 3.8) is 0 Å². The first-order valence-corrected chi connectivity index (χ1v) is 7.09. The van der Waals surface area contributed by atoms with E-state index in [4.69, 9.17) is 10.5 Å². The van der Waals surface area contributed by atoms with Gasteiger partial charge in [0.05, 0.1) is 0 Å². The maximum Gasteiger partial charge on any atom is 0.191 e. The Kier molecular flexibility index (Phi) is 9.78. The lowest BCUT2D eigenvalue weighted by Crippen LogP contribution is -2.38. The standard InChI is InChI=1S/C14H29N3O.HI/c1-14(2,8-11-18-3)12-16-13(15)17-9-6-4-5-7-10-17;/h4-12H2,1-3H3,(H2,15,16);1H. The molecule has 1 aliphatic heterocycles. The quantitative estimate of drug-likeness (QED) is 0.451. The summed E-state index contributed by atoms with van der Waals surface area (Å²) in [6.07, 6.45) is 6.14.